The summed E-state index contributed by atoms with van der Waals surface area (Å²) in [5, 5.41) is 113. The van der Waals surface area contributed by atoms with Crippen molar-refractivity contribution in [2.24, 2.45) is 0 Å². The number of amides is 6. The molecule has 117 heavy (non-hydrogen) atoms. The molecule has 6 amide bonds. The monoisotopic (exact) mass is 1630 g/mol. The van der Waals surface area contributed by atoms with Gasteiger partial charge in [0.25, 0.3) is 23.6 Å². The van der Waals surface area contributed by atoms with Crippen molar-refractivity contribution in [3.63, 3.8) is 0 Å². The van der Waals surface area contributed by atoms with Gasteiger partial charge in [-0.1, -0.05) is 36.4 Å². The van der Waals surface area contributed by atoms with E-state index in [1.54, 1.807) is 81.7 Å². The molecule has 6 aromatic carbocycles. The van der Waals surface area contributed by atoms with Crippen LogP contribution in [0.1, 0.15) is 104 Å². The minimum Gasteiger partial charge on any atom is -0.497 e. The number of carboxylic acid groups (broad SMARTS) is 2. The summed E-state index contributed by atoms with van der Waals surface area (Å²) in [5.41, 5.74) is 0.758. The lowest BCUT2D eigenvalue weighted by Gasteiger charge is -2.38. The molecule has 6 aromatic rings. The zero-order valence-electron chi connectivity index (χ0n) is 64.3. The van der Waals surface area contributed by atoms with Crippen LogP contribution in [0.15, 0.2) is 122 Å². The third-order valence-electron chi connectivity index (χ3n) is 20.0. The fraction of sp³-hybridized carbons (Fsp3) is 0.400. The number of aliphatic hydroxyl groups excluding tert-OH is 8. The van der Waals surface area contributed by atoms with Gasteiger partial charge in [0, 0.05) is 50.1 Å². The molecule has 6 aliphatic rings. The fourth-order valence-corrected chi connectivity index (χ4v) is 14.0. The molecular weight excluding hydrogens is 1540 g/mol. The number of fused-ring (bicyclic) bond motifs is 4. The van der Waals surface area contributed by atoms with Gasteiger partial charge in [-0.15, -0.1) is 0 Å². The third kappa shape index (κ3) is 17.9. The van der Waals surface area contributed by atoms with Gasteiger partial charge in [-0.05, 0) is 128 Å². The van der Waals surface area contributed by atoms with Gasteiger partial charge in [0.1, 0.15) is 72.8 Å². The smallest absolute Gasteiger partial charge is 0.416 e. The highest BCUT2D eigenvalue weighted by atomic mass is 16.7. The number of nitrogens with one attached hydrogen (secondary N) is 2. The number of carbonyl (C=O) groups is 8. The van der Waals surface area contributed by atoms with Crippen molar-refractivity contribution in [1.29, 1.82) is 0 Å². The minimum absolute atomic E-state index is 0.00277. The third-order valence-corrected chi connectivity index (χ3v) is 20.0. The fourth-order valence-electron chi connectivity index (χ4n) is 14.0. The average Bonchev–Trinajstić information content (AvgIpc) is 1.61. The number of aliphatic hydroxyl groups is 8. The Bertz CT molecular complexity index is 4800. The number of nitrogens with zero attached hydrogens (tertiary/aromatic N) is 4. The first-order chi connectivity index (χ1) is 55.8. The van der Waals surface area contributed by atoms with E-state index in [0.29, 0.717) is 33.8 Å². The number of ether oxygens (including phenoxy) is 13. The largest absolute Gasteiger partial charge is 0.497 e. The van der Waals surface area contributed by atoms with Crippen molar-refractivity contribution >= 4 is 70.3 Å². The van der Waals surface area contributed by atoms with Crippen LogP contribution in [0.4, 0.5) is 21.0 Å². The number of aliphatic carboxylic acids is 2. The molecule has 37 heteroatoms. The summed E-state index contributed by atoms with van der Waals surface area (Å²) in [5.74, 6) is -5.86. The van der Waals surface area contributed by atoms with Crippen molar-refractivity contribution in [2.75, 3.05) is 71.7 Å². The van der Waals surface area contributed by atoms with Crippen molar-refractivity contribution < 1.29 is 151 Å². The van der Waals surface area contributed by atoms with Gasteiger partial charge in [0.2, 0.25) is 12.6 Å². The van der Waals surface area contributed by atoms with Gasteiger partial charge in [0.15, 0.2) is 47.7 Å². The minimum atomic E-state index is -2.05. The van der Waals surface area contributed by atoms with E-state index in [-0.39, 0.29) is 125 Å². The molecule has 0 radical (unpaired) electrons. The van der Waals surface area contributed by atoms with Crippen LogP contribution >= 0.6 is 0 Å². The Balaban J connectivity index is 0.814. The molecule has 37 nitrogen and oxygen atoms in total. The highest BCUT2D eigenvalue weighted by molar-refractivity contribution is 6.09. The topological polar surface area (TPSA) is 496 Å². The SMILES string of the molecule is COCCNC(=O)c1cc(COC(=O)N2c3cc(OCCCOc4cc5c(cc4OC)C(=O)N4C=C(c6ccc(OC)cc6)C[C@H]4C(O)N5C(=O)OCc4ccc(O[C@@H]5O[C@H](C(=O)O)[C@@H](O)[C@H](O)[C@H]5O)c(C(=O)NC(C)(C)C)c4)c(OC)cc3C(=O)N3C=C(c4ccc(OC)cc4)C[C@H]3C2O)ccc1O[C@@H]1O[C@H](C(=O)O)[C@@H](O)[C@H](O)[C@H]1O. The van der Waals surface area contributed by atoms with E-state index in [9.17, 15) is 75.0 Å². The maximum Gasteiger partial charge on any atom is 0.416 e. The Labute approximate surface area is 667 Å². The predicted molar refractivity (Wildman–Crippen MR) is 404 cm³/mol. The molecule has 0 spiro atoms. The Morgan fingerprint density at radius 2 is 0.889 bits per heavy atom. The summed E-state index contributed by atoms with van der Waals surface area (Å²) in [6.45, 7) is 3.46. The maximum atomic E-state index is 15.0. The second kappa shape index (κ2) is 35.7. The van der Waals surface area contributed by atoms with E-state index in [1.807, 2.05) is 0 Å². The number of carboxylic acids is 2. The van der Waals surface area contributed by atoms with E-state index in [1.165, 1.54) is 106 Å². The first kappa shape index (κ1) is 84.5. The van der Waals surface area contributed by atoms with Crippen molar-refractivity contribution in [2.45, 2.75) is 145 Å². The number of anilines is 2. The molecule has 2 fully saturated rings. The van der Waals surface area contributed by atoms with Gasteiger partial charge >= 0.3 is 24.1 Å². The van der Waals surface area contributed by atoms with E-state index in [2.05, 4.69) is 10.6 Å². The molecule has 0 saturated carbocycles. The van der Waals surface area contributed by atoms with Gasteiger partial charge in [-0.2, -0.15) is 0 Å². The summed E-state index contributed by atoms with van der Waals surface area (Å²) in [7, 11) is 7.02. The number of carbonyl (C=O) groups excluding carboxylic acids is 6. The number of hydrogen-bond acceptors (Lipinski definition) is 29. The Kier molecular flexibility index (Phi) is 25.8. The zero-order chi connectivity index (χ0) is 84.2. The van der Waals surface area contributed by atoms with Gasteiger partial charge < -0.3 is 133 Å². The van der Waals surface area contributed by atoms with E-state index >= 15 is 14.4 Å². The summed E-state index contributed by atoms with van der Waals surface area (Å²) in [6.07, 6.45) is -23.1. The number of hydrogen-bond donors (Lipinski definition) is 12. The van der Waals surface area contributed by atoms with E-state index in [0.717, 1.165) is 9.80 Å². The summed E-state index contributed by atoms with van der Waals surface area (Å²) in [6, 6.07) is 24.6. The van der Waals surface area contributed by atoms with E-state index in [4.69, 9.17) is 61.6 Å². The predicted octanol–water partition coefficient (Wildman–Crippen LogP) is 3.48. The second-order valence-corrected chi connectivity index (χ2v) is 28.8. The first-order valence-electron chi connectivity index (χ1n) is 36.7. The van der Waals surface area contributed by atoms with Crippen molar-refractivity contribution in [1.82, 2.24) is 20.4 Å². The zero-order valence-corrected chi connectivity index (χ0v) is 64.3. The molecule has 2 saturated heterocycles. The molecule has 0 aliphatic carbocycles. The van der Waals surface area contributed by atoms with Crippen LogP contribution in [0.25, 0.3) is 11.1 Å². The molecule has 14 atom stereocenters. The van der Waals surface area contributed by atoms with Crippen LogP contribution in [0, 0.1) is 0 Å². The van der Waals surface area contributed by atoms with Crippen LogP contribution in [-0.4, -0.2) is 262 Å². The molecule has 624 valence electrons. The van der Waals surface area contributed by atoms with Gasteiger partial charge in [-0.3, -0.25) is 19.2 Å². The van der Waals surface area contributed by atoms with Crippen LogP contribution in [0.5, 0.6) is 46.0 Å². The lowest BCUT2D eigenvalue weighted by molar-refractivity contribution is -0.271. The Morgan fingerprint density at radius 1 is 0.479 bits per heavy atom. The number of methoxy groups -OCH3 is 5. The molecule has 12 rings (SSSR count). The highest BCUT2D eigenvalue weighted by Gasteiger charge is 2.52. The second-order valence-electron chi connectivity index (χ2n) is 28.8. The van der Waals surface area contributed by atoms with Crippen LogP contribution in [0.2, 0.25) is 0 Å². The maximum absolute atomic E-state index is 15.0. The molecule has 12 N–H and O–H groups in total. The van der Waals surface area contributed by atoms with Gasteiger partial charge in [0.05, 0.1) is 94.0 Å². The van der Waals surface area contributed by atoms with Crippen molar-refractivity contribution in [3.8, 4) is 46.0 Å². The Morgan fingerprint density at radius 3 is 1.26 bits per heavy atom. The lowest BCUT2D eigenvalue weighted by Crippen LogP contribution is -2.61. The molecule has 6 heterocycles. The lowest BCUT2D eigenvalue weighted by atomic mass is 9.99. The summed E-state index contributed by atoms with van der Waals surface area (Å²) in [4.78, 5) is 116. The van der Waals surface area contributed by atoms with Crippen molar-refractivity contribution in [3.05, 3.63) is 166 Å². The average molecular weight is 1630 g/mol. The number of rotatable bonds is 27. The molecule has 2 unspecified atom stereocenters. The molecule has 0 bridgehead atoms. The summed E-state index contributed by atoms with van der Waals surface area (Å²) < 4.78 is 74.2. The molecule has 6 aliphatic heterocycles. The summed E-state index contributed by atoms with van der Waals surface area (Å²) >= 11 is 0. The van der Waals surface area contributed by atoms with Gasteiger partial charge in [-0.25, -0.2) is 29.0 Å². The highest BCUT2D eigenvalue weighted by Crippen LogP contribution is 2.47. The van der Waals surface area contributed by atoms with Crippen LogP contribution in [0.3, 0.4) is 0 Å². The van der Waals surface area contributed by atoms with Crippen LogP contribution < -0.4 is 58.3 Å². The normalized spacial score (nSPS) is 24.0. The first-order valence-corrected chi connectivity index (χ1v) is 36.7. The van der Waals surface area contributed by atoms with Crippen LogP contribution in [-0.2, 0) is 46.5 Å². The molecular formula is C80H88N6O31. The quantitative estimate of drug-likeness (QED) is 0.0328. The van der Waals surface area contributed by atoms with E-state index < -0.39 is 152 Å². The number of benzene rings is 6. The Hall–Kier alpha value is -11.9. The molecule has 0 aromatic heterocycles. The standard InChI is InChI=1S/C80H88N6O31/c1-80(2,3)82-69(94)49-27-39(11-21-55(49)115-77-65(92)61(88)63(90)67(117-77)75(101)102)37-113-79(104)86-51-33-59(57(109-8)31-47(51)71(96)84-35-43(29-53(84)73(86)98)41-14-18-45(107-6)19-15-41)111-24-9-23-110-58-32-50-46(30-56(58)108-7)70(95)83-34-42(40-12-16-44(106-5)17-13-40)28-52(83)72(97)85(50)78(103)112-36-38-10-20-54(48(26-38)68(93)81-22-25-105-4)114-76-64(91)60(87)62(89)66(116-76)74(99)100/h10-21,26-27,30-35,52-53,60-67,72-73,76-77,87-92,97-98H,9,22-25,28-29,36-37H2,1-8H3,(H,81,93)(H,82,94)(H,99,100)(H,101,102)/t52-,53-,60-,61-,62-,63-,64+,65+,66-,67-,72?,73?,76+,77+/m0/s1.